The number of nitrogens with one attached hydrogen (secondary N) is 1. The first-order valence-corrected chi connectivity index (χ1v) is 8.69. The molecule has 24 heavy (non-hydrogen) atoms. The monoisotopic (exact) mass is 326 g/mol. The van der Waals surface area contributed by atoms with Crippen molar-refractivity contribution in [1.29, 1.82) is 5.26 Å². The van der Waals surface area contributed by atoms with Crippen molar-refractivity contribution in [2.24, 2.45) is 5.92 Å². The Labute approximate surface area is 144 Å². The molecule has 1 amide bonds. The van der Waals surface area contributed by atoms with Crippen molar-refractivity contribution in [2.45, 2.75) is 58.6 Å². The lowest BCUT2D eigenvalue weighted by Gasteiger charge is -2.29. The summed E-state index contributed by atoms with van der Waals surface area (Å²) in [5.74, 6) is 0.968. The van der Waals surface area contributed by atoms with E-state index < -0.39 is 0 Å². The van der Waals surface area contributed by atoms with E-state index in [2.05, 4.69) is 12.2 Å². The molecule has 0 heterocycles. The summed E-state index contributed by atoms with van der Waals surface area (Å²) in [7, 11) is 0. The number of ether oxygens (including phenoxy) is 1. The van der Waals surface area contributed by atoms with Gasteiger partial charge in [-0.3, -0.25) is 4.79 Å². The first kappa shape index (κ1) is 18.1. The molecule has 2 atom stereocenters. The third kappa shape index (κ3) is 5.13. The van der Waals surface area contributed by atoms with Gasteiger partial charge in [-0.05, 0) is 56.4 Å². The van der Waals surface area contributed by atoms with Gasteiger partial charge in [0.25, 0.3) is 5.91 Å². The van der Waals surface area contributed by atoms with Crippen molar-refractivity contribution in [1.82, 2.24) is 5.32 Å². The van der Waals surface area contributed by atoms with Crippen LogP contribution in [0.4, 0.5) is 0 Å². The highest BCUT2D eigenvalue weighted by Gasteiger charge is 2.23. The van der Waals surface area contributed by atoms with Crippen LogP contribution < -0.4 is 10.1 Å². The van der Waals surface area contributed by atoms with Crippen molar-refractivity contribution in [3.8, 4) is 11.8 Å². The van der Waals surface area contributed by atoms with Gasteiger partial charge in [0.05, 0.1) is 6.10 Å². The molecule has 0 spiro atoms. The lowest BCUT2D eigenvalue weighted by molar-refractivity contribution is -0.118. The molecule has 0 unspecified atom stereocenters. The van der Waals surface area contributed by atoms with Gasteiger partial charge in [-0.25, -0.2) is 0 Å². The molecule has 1 aromatic rings. The molecule has 1 aliphatic carbocycles. The van der Waals surface area contributed by atoms with Gasteiger partial charge in [0.1, 0.15) is 17.4 Å². The van der Waals surface area contributed by atoms with E-state index in [-0.39, 0.29) is 23.6 Å². The number of hydrogen-bond donors (Lipinski definition) is 1. The summed E-state index contributed by atoms with van der Waals surface area (Å²) in [4.78, 5) is 12.4. The summed E-state index contributed by atoms with van der Waals surface area (Å²) in [6.45, 7) is 6.10. The molecule has 128 valence electrons. The highest BCUT2D eigenvalue weighted by Crippen LogP contribution is 2.24. The molecule has 0 aromatic heterocycles. The summed E-state index contributed by atoms with van der Waals surface area (Å²) in [5, 5.41) is 12.3. The fourth-order valence-electron chi connectivity index (χ4n) is 3.01. The Bertz CT molecular complexity index is 626. The Morgan fingerprint density at radius 1 is 1.29 bits per heavy atom. The zero-order valence-electron chi connectivity index (χ0n) is 14.7. The van der Waals surface area contributed by atoms with E-state index in [1.54, 1.807) is 6.08 Å². The molecule has 0 bridgehead atoms. The zero-order chi connectivity index (χ0) is 17.5. The van der Waals surface area contributed by atoms with Gasteiger partial charge < -0.3 is 10.1 Å². The largest absolute Gasteiger partial charge is 0.491 e. The topological polar surface area (TPSA) is 62.1 Å². The third-order valence-electron chi connectivity index (χ3n) is 4.36. The van der Waals surface area contributed by atoms with Gasteiger partial charge in [-0.2, -0.15) is 5.26 Å². The van der Waals surface area contributed by atoms with Crippen molar-refractivity contribution in [3.05, 3.63) is 35.4 Å². The van der Waals surface area contributed by atoms with Crippen LogP contribution in [0.25, 0.3) is 6.08 Å². The molecule has 1 fully saturated rings. The Kier molecular flexibility index (Phi) is 6.43. The van der Waals surface area contributed by atoms with Crippen LogP contribution >= 0.6 is 0 Å². The maximum Gasteiger partial charge on any atom is 0.262 e. The van der Waals surface area contributed by atoms with E-state index in [9.17, 15) is 10.1 Å². The maximum atomic E-state index is 12.4. The van der Waals surface area contributed by atoms with Gasteiger partial charge in [-0.1, -0.05) is 31.9 Å². The van der Waals surface area contributed by atoms with Crippen molar-refractivity contribution in [2.75, 3.05) is 0 Å². The number of carbonyl (C=O) groups excluding carboxylic acids is 1. The Hall–Kier alpha value is -2.28. The van der Waals surface area contributed by atoms with Crippen LogP contribution in [-0.2, 0) is 4.79 Å². The summed E-state index contributed by atoms with van der Waals surface area (Å²) >= 11 is 0. The highest BCUT2D eigenvalue weighted by molar-refractivity contribution is 6.01. The fraction of sp³-hybridized carbons (Fsp3) is 0.500. The van der Waals surface area contributed by atoms with Crippen molar-refractivity contribution >= 4 is 12.0 Å². The van der Waals surface area contributed by atoms with Crippen LogP contribution in [0.1, 0.15) is 52.0 Å². The van der Waals surface area contributed by atoms with E-state index >= 15 is 0 Å². The predicted octanol–water partition coefficient (Wildman–Crippen LogP) is 4.08. The van der Waals surface area contributed by atoms with Gasteiger partial charge in [0.2, 0.25) is 0 Å². The zero-order valence-corrected chi connectivity index (χ0v) is 14.7. The molecule has 4 heteroatoms. The molecular formula is C20H26N2O2. The average molecular weight is 326 g/mol. The minimum absolute atomic E-state index is 0.115. The number of rotatable bonds is 5. The first-order valence-electron chi connectivity index (χ1n) is 8.69. The second-order valence-electron chi connectivity index (χ2n) is 6.75. The SMILES string of the molecule is CC(C)Oc1ccc(/C=C(\C#N)C(=O)N[C@H]2CCCC[C@H]2C)cc1. The number of benzene rings is 1. The third-order valence-corrected chi connectivity index (χ3v) is 4.36. The maximum absolute atomic E-state index is 12.4. The van der Waals surface area contributed by atoms with Crippen molar-refractivity contribution < 1.29 is 9.53 Å². The summed E-state index contributed by atoms with van der Waals surface area (Å²) < 4.78 is 5.60. The van der Waals surface area contributed by atoms with E-state index in [0.717, 1.165) is 30.6 Å². The average Bonchev–Trinajstić information content (AvgIpc) is 2.55. The van der Waals surface area contributed by atoms with Crippen LogP contribution in [0.3, 0.4) is 0 Å². The number of amides is 1. The van der Waals surface area contributed by atoms with E-state index in [0.29, 0.717) is 5.92 Å². The van der Waals surface area contributed by atoms with E-state index in [1.165, 1.54) is 6.42 Å². The molecule has 1 aliphatic rings. The number of carbonyl (C=O) groups is 1. The quantitative estimate of drug-likeness (QED) is 0.655. The number of nitrogens with zero attached hydrogens (tertiary/aromatic N) is 1. The minimum atomic E-state index is -0.279. The molecule has 1 aromatic carbocycles. The predicted molar refractivity (Wildman–Crippen MR) is 95.4 cm³/mol. The van der Waals surface area contributed by atoms with Gasteiger partial charge in [-0.15, -0.1) is 0 Å². The highest BCUT2D eigenvalue weighted by atomic mass is 16.5. The lowest BCUT2D eigenvalue weighted by Crippen LogP contribution is -2.41. The summed E-state index contributed by atoms with van der Waals surface area (Å²) in [6.07, 6.45) is 6.23. The fourth-order valence-corrected chi connectivity index (χ4v) is 3.01. The van der Waals surface area contributed by atoms with Crippen LogP contribution in [0.2, 0.25) is 0 Å². The smallest absolute Gasteiger partial charge is 0.262 e. The summed E-state index contributed by atoms with van der Waals surface area (Å²) in [5.41, 5.74) is 0.958. The van der Waals surface area contributed by atoms with E-state index in [4.69, 9.17) is 4.74 Å². The Morgan fingerprint density at radius 3 is 2.54 bits per heavy atom. The lowest BCUT2D eigenvalue weighted by atomic mass is 9.86. The summed E-state index contributed by atoms with van der Waals surface area (Å²) in [6, 6.07) is 9.59. The molecule has 4 nitrogen and oxygen atoms in total. The van der Waals surface area contributed by atoms with Crippen LogP contribution in [0.15, 0.2) is 29.8 Å². The van der Waals surface area contributed by atoms with Crippen molar-refractivity contribution in [3.63, 3.8) is 0 Å². The van der Waals surface area contributed by atoms with Crippen LogP contribution in [-0.4, -0.2) is 18.1 Å². The van der Waals surface area contributed by atoms with E-state index in [1.807, 2.05) is 44.2 Å². The molecule has 1 N–H and O–H groups in total. The second kappa shape index (κ2) is 8.54. The van der Waals surface area contributed by atoms with Crippen LogP contribution in [0.5, 0.6) is 5.75 Å². The van der Waals surface area contributed by atoms with Gasteiger partial charge in [0.15, 0.2) is 0 Å². The minimum Gasteiger partial charge on any atom is -0.491 e. The Morgan fingerprint density at radius 2 is 1.96 bits per heavy atom. The number of nitriles is 1. The van der Waals surface area contributed by atoms with Gasteiger partial charge >= 0.3 is 0 Å². The molecule has 1 saturated carbocycles. The molecule has 0 radical (unpaired) electrons. The normalized spacial score (nSPS) is 21.2. The molecule has 0 saturated heterocycles. The van der Waals surface area contributed by atoms with Gasteiger partial charge in [0, 0.05) is 6.04 Å². The molecular weight excluding hydrogens is 300 g/mol. The molecule has 0 aliphatic heterocycles. The standard InChI is InChI=1S/C20H26N2O2/c1-14(2)24-18-10-8-16(9-11-18)12-17(13-21)20(23)22-19-7-5-4-6-15(19)3/h8-12,14-15,19H,4-7H2,1-3H3,(H,22,23)/b17-12+/t15-,19+/m1/s1. The second-order valence-corrected chi connectivity index (χ2v) is 6.75. The van der Waals surface area contributed by atoms with Crippen LogP contribution in [0, 0.1) is 17.2 Å². The first-order chi connectivity index (χ1) is 11.5. The molecule has 2 rings (SSSR count). The Balaban J connectivity index is 2.05. The number of hydrogen-bond acceptors (Lipinski definition) is 3.